The van der Waals surface area contributed by atoms with Gasteiger partial charge in [0.2, 0.25) is 0 Å². The maximum absolute atomic E-state index is 12.3. The molecule has 7 nitrogen and oxygen atoms in total. The maximum atomic E-state index is 12.3. The van der Waals surface area contributed by atoms with Crippen LogP contribution in [0.15, 0.2) is 48.5 Å². The molecular weight excluding hydrogens is 346 g/mol. The number of nitrogens with zero attached hydrogens (tertiary/aromatic N) is 1. The van der Waals surface area contributed by atoms with Crippen LogP contribution in [0.1, 0.15) is 27.6 Å². The smallest absolute Gasteiger partial charge is 0.319 e. The van der Waals surface area contributed by atoms with Gasteiger partial charge in [-0.2, -0.15) is 0 Å². The van der Waals surface area contributed by atoms with Gasteiger partial charge in [-0.25, -0.2) is 4.79 Å². The van der Waals surface area contributed by atoms with Crippen LogP contribution in [0.3, 0.4) is 0 Å². The first-order chi connectivity index (χ1) is 12.8. The second kappa shape index (κ2) is 9.16. The van der Waals surface area contributed by atoms with Crippen LogP contribution in [0.2, 0.25) is 0 Å². The SMILES string of the molecule is Cc1c(NC(=O)N[C@@H](CO)[C@@H](O)c2ccccc2)cccc1C(=O)N(C)C. The summed E-state index contributed by atoms with van der Waals surface area (Å²) < 4.78 is 0. The van der Waals surface area contributed by atoms with E-state index < -0.39 is 24.8 Å². The van der Waals surface area contributed by atoms with E-state index in [1.165, 1.54) is 4.90 Å². The first kappa shape index (κ1) is 20.4. The molecule has 2 aromatic rings. The molecule has 2 aromatic carbocycles. The van der Waals surface area contributed by atoms with Gasteiger partial charge in [-0.15, -0.1) is 0 Å². The molecule has 3 amide bonds. The fourth-order valence-electron chi connectivity index (χ4n) is 2.68. The molecule has 0 saturated heterocycles. The molecule has 0 spiro atoms. The second-order valence-electron chi connectivity index (χ2n) is 6.42. The Hall–Kier alpha value is -2.90. The van der Waals surface area contributed by atoms with Gasteiger partial charge >= 0.3 is 6.03 Å². The molecule has 0 aliphatic heterocycles. The molecule has 0 aromatic heterocycles. The fourth-order valence-corrected chi connectivity index (χ4v) is 2.68. The van der Waals surface area contributed by atoms with Gasteiger partial charge in [0.15, 0.2) is 0 Å². The number of nitrogens with one attached hydrogen (secondary N) is 2. The summed E-state index contributed by atoms with van der Waals surface area (Å²) in [4.78, 5) is 26.0. The number of anilines is 1. The van der Waals surface area contributed by atoms with Crippen molar-refractivity contribution in [2.75, 3.05) is 26.0 Å². The molecule has 4 N–H and O–H groups in total. The Labute approximate surface area is 158 Å². The summed E-state index contributed by atoms with van der Waals surface area (Å²) in [6.45, 7) is 1.32. The predicted octanol–water partition coefficient (Wildman–Crippen LogP) is 1.91. The Balaban J connectivity index is 2.10. The molecule has 0 bridgehead atoms. The standard InChI is InChI=1S/C20H25N3O4/c1-13-15(19(26)23(2)3)10-7-11-16(13)21-20(27)22-17(12-24)18(25)14-8-5-4-6-9-14/h4-11,17-18,24-25H,12H2,1-3H3,(H2,21,22,27)/t17-,18-/m0/s1. The lowest BCUT2D eigenvalue weighted by molar-refractivity contribution is 0.0827. The fraction of sp³-hybridized carbons (Fsp3) is 0.300. The van der Waals surface area contributed by atoms with E-state index in [0.29, 0.717) is 22.4 Å². The van der Waals surface area contributed by atoms with Crippen LogP contribution in [-0.2, 0) is 0 Å². The predicted molar refractivity (Wildman–Crippen MR) is 104 cm³/mol. The highest BCUT2D eigenvalue weighted by atomic mass is 16.3. The first-order valence-corrected chi connectivity index (χ1v) is 8.57. The molecule has 0 saturated carbocycles. The third-order valence-electron chi connectivity index (χ3n) is 4.25. The van der Waals surface area contributed by atoms with Crippen LogP contribution >= 0.6 is 0 Å². The topological polar surface area (TPSA) is 102 Å². The average Bonchev–Trinajstić information content (AvgIpc) is 2.67. The highest BCUT2D eigenvalue weighted by Gasteiger charge is 2.22. The maximum Gasteiger partial charge on any atom is 0.319 e. The average molecular weight is 371 g/mol. The first-order valence-electron chi connectivity index (χ1n) is 8.57. The summed E-state index contributed by atoms with van der Waals surface area (Å²) in [6.07, 6.45) is -1.05. The number of carbonyl (C=O) groups excluding carboxylic acids is 2. The lowest BCUT2D eigenvalue weighted by Crippen LogP contribution is -2.44. The quantitative estimate of drug-likeness (QED) is 0.623. The lowest BCUT2D eigenvalue weighted by Gasteiger charge is -2.23. The molecule has 0 heterocycles. The van der Waals surface area contributed by atoms with E-state index in [2.05, 4.69) is 10.6 Å². The minimum absolute atomic E-state index is 0.163. The molecule has 0 unspecified atom stereocenters. The van der Waals surface area contributed by atoms with Gasteiger partial charge in [0.25, 0.3) is 5.91 Å². The van der Waals surface area contributed by atoms with Gasteiger partial charge in [0.05, 0.1) is 12.6 Å². The number of rotatable bonds is 6. The van der Waals surface area contributed by atoms with Crippen LogP contribution in [0.4, 0.5) is 10.5 Å². The van der Waals surface area contributed by atoms with Gasteiger partial charge in [0, 0.05) is 25.3 Å². The summed E-state index contributed by atoms with van der Waals surface area (Å²) in [5, 5.41) is 25.2. The molecule has 144 valence electrons. The largest absolute Gasteiger partial charge is 0.394 e. The number of amides is 3. The van der Waals surface area contributed by atoms with E-state index in [1.54, 1.807) is 63.5 Å². The van der Waals surface area contributed by atoms with E-state index in [9.17, 15) is 19.8 Å². The zero-order valence-electron chi connectivity index (χ0n) is 15.6. The van der Waals surface area contributed by atoms with Crippen molar-refractivity contribution >= 4 is 17.6 Å². The molecule has 7 heteroatoms. The molecule has 2 rings (SSSR count). The zero-order chi connectivity index (χ0) is 20.0. The van der Waals surface area contributed by atoms with Gasteiger partial charge in [-0.1, -0.05) is 36.4 Å². The van der Waals surface area contributed by atoms with Crippen molar-refractivity contribution in [3.8, 4) is 0 Å². The van der Waals surface area contributed by atoms with Gasteiger partial charge in [-0.05, 0) is 30.2 Å². The van der Waals surface area contributed by atoms with Crippen LogP contribution < -0.4 is 10.6 Å². The Morgan fingerprint density at radius 3 is 2.33 bits per heavy atom. The summed E-state index contributed by atoms with van der Waals surface area (Å²) in [6, 6.07) is 12.4. The Morgan fingerprint density at radius 2 is 1.74 bits per heavy atom. The van der Waals surface area contributed by atoms with Crippen molar-refractivity contribution in [2.45, 2.75) is 19.1 Å². The van der Waals surface area contributed by atoms with Crippen molar-refractivity contribution in [1.29, 1.82) is 0 Å². The van der Waals surface area contributed by atoms with Crippen molar-refractivity contribution in [3.05, 3.63) is 65.2 Å². The molecule has 27 heavy (non-hydrogen) atoms. The van der Waals surface area contributed by atoms with Crippen LogP contribution in [0, 0.1) is 6.92 Å². The summed E-state index contributed by atoms with van der Waals surface area (Å²) >= 11 is 0. The summed E-state index contributed by atoms with van der Waals surface area (Å²) in [5.41, 5.74) is 2.19. The summed E-state index contributed by atoms with van der Waals surface area (Å²) in [5.74, 6) is -0.163. The monoisotopic (exact) mass is 371 g/mol. The van der Waals surface area contributed by atoms with Crippen molar-refractivity contribution in [2.24, 2.45) is 0 Å². The van der Waals surface area contributed by atoms with Crippen LogP contribution in [0.25, 0.3) is 0 Å². The molecule has 2 atom stereocenters. The number of urea groups is 1. The zero-order valence-corrected chi connectivity index (χ0v) is 15.6. The number of benzene rings is 2. The van der Waals surface area contributed by atoms with E-state index in [0.717, 1.165) is 0 Å². The Morgan fingerprint density at radius 1 is 1.07 bits per heavy atom. The second-order valence-corrected chi connectivity index (χ2v) is 6.42. The number of carbonyl (C=O) groups is 2. The van der Waals surface area contributed by atoms with Crippen molar-refractivity contribution in [1.82, 2.24) is 10.2 Å². The molecule has 0 radical (unpaired) electrons. The normalized spacial score (nSPS) is 12.8. The Bertz CT molecular complexity index is 793. The van der Waals surface area contributed by atoms with Crippen molar-refractivity contribution < 1.29 is 19.8 Å². The van der Waals surface area contributed by atoms with E-state index in [1.807, 2.05) is 6.07 Å². The number of hydrogen-bond donors (Lipinski definition) is 4. The highest BCUT2D eigenvalue weighted by Crippen LogP contribution is 2.21. The van der Waals surface area contributed by atoms with Gasteiger partial charge in [-0.3, -0.25) is 4.79 Å². The molecule has 0 aliphatic rings. The molecular formula is C20H25N3O4. The lowest BCUT2D eigenvalue weighted by atomic mass is 10.0. The number of aliphatic hydroxyl groups is 2. The van der Waals surface area contributed by atoms with Gasteiger partial charge < -0.3 is 25.7 Å². The number of aliphatic hydroxyl groups excluding tert-OH is 2. The third kappa shape index (κ3) is 5.06. The third-order valence-corrected chi connectivity index (χ3v) is 4.25. The van der Waals surface area contributed by atoms with E-state index in [-0.39, 0.29) is 5.91 Å². The Kier molecular flexibility index (Phi) is 6.92. The molecule has 0 aliphatic carbocycles. The van der Waals surface area contributed by atoms with Crippen LogP contribution in [0.5, 0.6) is 0 Å². The van der Waals surface area contributed by atoms with Gasteiger partial charge in [0.1, 0.15) is 6.10 Å². The summed E-state index contributed by atoms with van der Waals surface area (Å²) in [7, 11) is 3.32. The van der Waals surface area contributed by atoms with Crippen molar-refractivity contribution in [3.63, 3.8) is 0 Å². The molecule has 0 fully saturated rings. The highest BCUT2D eigenvalue weighted by molar-refractivity contribution is 5.98. The minimum Gasteiger partial charge on any atom is -0.394 e. The van der Waals surface area contributed by atoms with E-state index >= 15 is 0 Å². The minimum atomic E-state index is -1.05. The van der Waals surface area contributed by atoms with Crippen LogP contribution in [-0.4, -0.2) is 53.8 Å². The number of hydrogen-bond acceptors (Lipinski definition) is 4. The van der Waals surface area contributed by atoms with E-state index in [4.69, 9.17) is 0 Å².